The van der Waals surface area contributed by atoms with Crippen LogP contribution in [0.15, 0.2) is 49.1 Å². The van der Waals surface area contributed by atoms with E-state index in [4.69, 9.17) is 16.3 Å². The second-order valence-corrected chi connectivity index (χ2v) is 8.00. The Hall–Kier alpha value is -3.46. The quantitative estimate of drug-likeness (QED) is 0.478. The monoisotopic (exact) mass is 474 g/mol. The standard InChI is InChI=1S/C23H21ClF2N4O3/c24-17-12-14(2-5-18(17)25)28-22(31)16-3-6-19(26)21-15(16)4-7-20(21)29-23(32)33-11-1-9-30-10-8-27-13-30/h2-3,5-6,8,10,12-13,20H,1,4,7,9,11H2,(H,28,31)(H,29,32)/t20-/m0/s1. The summed E-state index contributed by atoms with van der Waals surface area (Å²) in [6.45, 7) is 0.862. The Bertz CT molecular complexity index is 1170. The maximum Gasteiger partial charge on any atom is 0.407 e. The fourth-order valence-corrected chi connectivity index (χ4v) is 4.04. The van der Waals surface area contributed by atoms with Crippen LogP contribution in [-0.4, -0.2) is 28.2 Å². The molecule has 1 heterocycles. The third-order valence-corrected chi connectivity index (χ3v) is 5.69. The van der Waals surface area contributed by atoms with Crippen LogP contribution in [0.25, 0.3) is 0 Å². The zero-order chi connectivity index (χ0) is 23.4. The van der Waals surface area contributed by atoms with Crippen molar-refractivity contribution in [2.24, 2.45) is 0 Å². The number of rotatable bonds is 7. The number of amides is 2. The van der Waals surface area contributed by atoms with Gasteiger partial charge < -0.3 is 19.9 Å². The number of benzene rings is 2. The maximum absolute atomic E-state index is 14.6. The average Bonchev–Trinajstić information content (AvgIpc) is 3.45. The van der Waals surface area contributed by atoms with Gasteiger partial charge in [-0.1, -0.05) is 11.6 Å². The Kier molecular flexibility index (Phi) is 6.88. The number of carbonyl (C=O) groups excluding carboxylic acids is 2. The number of nitrogens with zero attached hydrogens (tertiary/aromatic N) is 2. The van der Waals surface area contributed by atoms with E-state index in [1.807, 2.05) is 10.8 Å². The summed E-state index contributed by atoms with van der Waals surface area (Å²) >= 11 is 5.76. The van der Waals surface area contributed by atoms with Crippen LogP contribution in [0.2, 0.25) is 5.02 Å². The van der Waals surface area contributed by atoms with Crippen molar-refractivity contribution in [2.45, 2.75) is 31.8 Å². The number of anilines is 1. The van der Waals surface area contributed by atoms with Gasteiger partial charge in [0.15, 0.2) is 0 Å². The van der Waals surface area contributed by atoms with Gasteiger partial charge >= 0.3 is 6.09 Å². The molecule has 2 N–H and O–H groups in total. The molecule has 1 aliphatic carbocycles. The van der Waals surface area contributed by atoms with Gasteiger partial charge in [0.2, 0.25) is 0 Å². The lowest BCUT2D eigenvalue weighted by Gasteiger charge is -2.16. The molecule has 2 amide bonds. The highest BCUT2D eigenvalue weighted by Gasteiger charge is 2.31. The molecule has 0 fully saturated rings. The van der Waals surface area contributed by atoms with E-state index >= 15 is 0 Å². The summed E-state index contributed by atoms with van der Waals surface area (Å²) in [4.78, 5) is 28.9. The maximum atomic E-state index is 14.6. The van der Waals surface area contributed by atoms with Gasteiger partial charge in [-0.15, -0.1) is 0 Å². The number of carbonyl (C=O) groups is 2. The van der Waals surface area contributed by atoms with Crippen LogP contribution in [0.3, 0.4) is 0 Å². The van der Waals surface area contributed by atoms with Gasteiger partial charge in [0.05, 0.1) is 24.0 Å². The fraction of sp³-hybridized carbons (Fsp3) is 0.261. The van der Waals surface area contributed by atoms with Crippen molar-refractivity contribution < 1.29 is 23.1 Å². The number of halogens is 3. The number of aromatic nitrogens is 2. The van der Waals surface area contributed by atoms with Gasteiger partial charge in [0.25, 0.3) is 5.91 Å². The third-order valence-electron chi connectivity index (χ3n) is 5.40. The van der Waals surface area contributed by atoms with Crippen LogP contribution < -0.4 is 10.6 Å². The highest BCUT2D eigenvalue weighted by molar-refractivity contribution is 6.31. The molecule has 0 saturated heterocycles. The Balaban J connectivity index is 1.39. The Labute approximate surface area is 193 Å². The van der Waals surface area contributed by atoms with Crippen LogP contribution in [0.5, 0.6) is 0 Å². The van der Waals surface area contributed by atoms with Crippen molar-refractivity contribution in [3.63, 3.8) is 0 Å². The Morgan fingerprint density at radius 1 is 1.21 bits per heavy atom. The predicted octanol–water partition coefficient (Wildman–Crippen LogP) is 4.87. The second kappa shape index (κ2) is 9.99. The summed E-state index contributed by atoms with van der Waals surface area (Å²) in [7, 11) is 0. The molecule has 0 saturated carbocycles. The van der Waals surface area contributed by atoms with E-state index in [1.165, 1.54) is 24.3 Å². The molecule has 0 spiro atoms. The molecule has 2 aromatic carbocycles. The molecule has 172 valence electrons. The third kappa shape index (κ3) is 5.31. The lowest BCUT2D eigenvalue weighted by molar-refractivity contribution is 0.102. The highest BCUT2D eigenvalue weighted by Crippen LogP contribution is 2.36. The number of ether oxygens (including phenoxy) is 1. The number of imidazole rings is 1. The highest BCUT2D eigenvalue weighted by atomic mass is 35.5. The first-order valence-corrected chi connectivity index (χ1v) is 10.8. The van der Waals surface area contributed by atoms with Gasteiger partial charge in [0.1, 0.15) is 11.6 Å². The van der Waals surface area contributed by atoms with Crippen LogP contribution >= 0.6 is 11.6 Å². The number of hydrogen-bond acceptors (Lipinski definition) is 4. The van der Waals surface area contributed by atoms with Crippen molar-refractivity contribution in [3.8, 4) is 0 Å². The van der Waals surface area contributed by atoms with Crippen molar-refractivity contribution in [1.82, 2.24) is 14.9 Å². The summed E-state index contributed by atoms with van der Waals surface area (Å²) in [5.74, 6) is -1.58. The zero-order valence-corrected chi connectivity index (χ0v) is 18.2. The first kappa shape index (κ1) is 22.7. The molecule has 4 rings (SSSR count). The van der Waals surface area contributed by atoms with E-state index in [0.717, 1.165) is 6.07 Å². The first-order valence-electron chi connectivity index (χ1n) is 10.4. The molecule has 7 nitrogen and oxygen atoms in total. The van der Waals surface area contributed by atoms with Crippen molar-refractivity contribution >= 4 is 29.3 Å². The minimum atomic E-state index is -0.645. The smallest absolute Gasteiger partial charge is 0.407 e. The lowest BCUT2D eigenvalue weighted by Crippen LogP contribution is -2.29. The predicted molar refractivity (Wildman–Crippen MR) is 118 cm³/mol. The van der Waals surface area contributed by atoms with E-state index < -0.39 is 29.7 Å². The lowest BCUT2D eigenvalue weighted by atomic mass is 10.0. The molecule has 0 bridgehead atoms. The Morgan fingerprint density at radius 3 is 2.79 bits per heavy atom. The average molecular weight is 475 g/mol. The van der Waals surface area contributed by atoms with Crippen LogP contribution in [0, 0.1) is 11.6 Å². The molecular formula is C23H21ClF2N4O3. The molecule has 1 aliphatic rings. The van der Waals surface area contributed by atoms with Gasteiger partial charge in [-0.3, -0.25) is 4.79 Å². The normalized spacial score (nSPS) is 14.6. The van der Waals surface area contributed by atoms with Crippen molar-refractivity contribution in [2.75, 3.05) is 11.9 Å². The van der Waals surface area contributed by atoms with Gasteiger partial charge in [-0.05, 0) is 55.2 Å². The van der Waals surface area contributed by atoms with Crippen molar-refractivity contribution in [3.05, 3.63) is 82.4 Å². The molecule has 0 radical (unpaired) electrons. The SMILES string of the molecule is O=C(N[C@H]1CCc2c(C(=O)Nc3ccc(F)c(Cl)c3)ccc(F)c21)OCCCn1ccnc1. The number of hydrogen-bond donors (Lipinski definition) is 2. The minimum Gasteiger partial charge on any atom is -0.449 e. The zero-order valence-electron chi connectivity index (χ0n) is 17.5. The number of fused-ring (bicyclic) bond motifs is 1. The van der Waals surface area contributed by atoms with E-state index in [9.17, 15) is 18.4 Å². The van der Waals surface area contributed by atoms with Gasteiger partial charge in [-0.25, -0.2) is 18.6 Å². The van der Waals surface area contributed by atoms with E-state index in [1.54, 1.807) is 12.5 Å². The second-order valence-electron chi connectivity index (χ2n) is 7.60. The van der Waals surface area contributed by atoms with Crippen LogP contribution in [-0.2, 0) is 17.7 Å². The topological polar surface area (TPSA) is 85.3 Å². The number of aryl methyl sites for hydroxylation is 1. The van der Waals surface area contributed by atoms with Gasteiger partial charge in [-0.2, -0.15) is 0 Å². The molecule has 1 aromatic heterocycles. The fourth-order valence-electron chi connectivity index (χ4n) is 3.86. The summed E-state index contributed by atoms with van der Waals surface area (Å²) in [5.41, 5.74) is 1.39. The minimum absolute atomic E-state index is 0.120. The molecule has 3 aromatic rings. The molecular weight excluding hydrogens is 454 g/mol. The summed E-state index contributed by atoms with van der Waals surface area (Å²) < 4.78 is 35.1. The van der Waals surface area contributed by atoms with E-state index in [-0.39, 0.29) is 22.8 Å². The van der Waals surface area contributed by atoms with E-state index in [0.29, 0.717) is 37.1 Å². The number of nitrogens with one attached hydrogen (secondary N) is 2. The molecule has 33 heavy (non-hydrogen) atoms. The van der Waals surface area contributed by atoms with Crippen LogP contribution in [0.1, 0.15) is 40.4 Å². The number of alkyl carbamates (subject to hydrolysis) is 1. The largest absolute Gasteiger partial charge is 0.449 e. The first-order chi connectivity index (χ1) is 15.9. The molecule has 10 heteroatoms. The summed E-state index contributed by atoms with van der Waals surface area (Å²) in [6, 6.07) is 5.82. The Morgan fingerprint density at radius 2 is 2.03 bits per heavy atom. The molecule has 0 aliphatic heterocycles. The van der Waals surface area contributed by atoms with Gasteiger partial charge in [0, 0.05) is 35.8 Å². The summed E-state index contributed by atoms with van der Waals surface area (Å²) in [6.07, 6.45) is 5.97. The van der Waals surface area contributed by atoms with Crippen LogP contribution in [0.4, 0.5) is 19.3 Å². The van der Waals surface area contributed by atoms with Crippen molar-refractivity contribution in [1.29, 1.82) is 0 Å². The summed E-state index contributed by atoms with van der Waals surface area (Å²) in [5, 5.41) is 5.21. The molecule has 0 unspecified atom stereocenters. The van der Waals surface area contributed by atoms with E-state index in [2.05, 4.69) is 15.6 Å². The molecule has 1 atom stereocenters.